The Kier molecular flexibility index (Phi) is 5.61. The molecular formula is C15H18N2OS2. The highest BCUT2D eigenvalue weighted by atomic mass is 32.2. The summed E-state index contributed by atoms with van der Waals surface area (Å²) in [7, 11) is 0. The van der Waals surface area contributed by atoms with E-state index in [0.717, 1.165) is 33.4 Å². The number of carbonyl (C=O) groups excluding carboxylic acids is 1. The number of nitrogens with one attached hydrogen (secondary N) is 1. The molecule has 20 heavy (non-hydrogen) atoms. The van der Waals surface area contributed by atoms with E-state index in [4.69, 9.17) is 0 Å². The Labute approximate surface area is 127 Å². The van der Waals surface area contributed by atoms with Crippen LogP contribution in [-0.4, -0.2) is 17.1 Å². The van der Waals surface area contributed by atoms with Crippen molar-refractivity contribution >= 4 is 34.0 Å². The molecule has 1 N–H and O–H groups in total. The summed E-state index contributed by atoms with van der Waals surface area (Å²) in [6, 6.07) is 9.97. The van der Waals surface area contributed by atoms with Crippen LogP contribution in [0, 0.1) is 0 Å². The molecule has 1 heterocycles. The maximum absolute atomic E-state index is 11.9. The van der Waals surface area contributed by atoms with Crippen molar-refractivity contribution in [3.63, 3.8) is 0 Å². The van der Waals surface area contributed by atoms with Crippen LogP contribution >= 0.6 is 23.1 Å². The average Bonchev–Trinajstić information content (AvgIpc) is 2.89. The van der Waals surface area contributed by atoms with E-state index in [9.17, 15) is 4.79 Å². The molecule has 3 nitrogen and oxygen atoms in total. The average molecular weight is 306 g/mol. The van der Waals surface area contributed by atoms with Crippen molar-refractivity contribution in [2.75, 3.05) is 11.6 Å². The van der Waals surface area contributed by atoms with E-state index >= 15 is 0 Å². The topological polar surface area (TPSA) is 42.0 Å². The number of hydrogen-bond donors (Lipinski definition) is 1. The molecule has 0 bridgehead atoms. The van der Waals surface area contributed by atoms with E-state index in [-0.39, 0.29) is 5.91 Å². The van der Waals surface area contributed by atoms with Gasteiger partial charge in [0, 0.05) is 12.0 Å². The Bertz CT molecular complexity index is 567. The van der Waals surface area contributed by atoms with E-state index in [1.54, 1.807) is 11.8 Å². The van der Waals surface area contributed by atoms with Gasteiger partial charge in [0.15, 0.2) is 4.34 Å². The number of benzene rings is 1. The van der Waals surface area contributed by atoms with Crippen molar-refractivity contribution in [1.82, 2.24) is 4.98 Å². The number of nitrogens with zero attached hydrogens (tertiary/aromatic N) is 1. The Hall–Kier alpha value is -1.33. The standard InChI is InChI=1S/C15H18N2OS2/c1-3-4-10-12(18)16-14-13(17-15(19-2)20-14)11-8-6-5-7-9-11/h5-9H,3-4,10H2,1-2H3,(H,16,18). The van der Waals surface area contributed by atoms with Gasteiger partial charge in [-0.25, -0.2) is 4.98 Å². The Morgan fingerprint density at radius 1 is 1.35 bits per heavy atom. The molecule has 2 aromatic rings. The van der Waals surface area contributed by atoms with Crippen LogP contribution in [0.3, 0.4) is 0 Å². The minimum Gasteiger partial charge on any atom is -0.316 e. The summed E-state index contributed by atoms with van der Waals surface area (Å²) >= 11 is 3.14. The normalized spacial score (nSPS) is 10.5. The van der Waals surface area contributed by atoms with Crippen molar-refractivity contribution in [2.24, 2.45) is 0 Å². The van der Waals surface area contributed by atoms with Crippen LogP contribution in [0.4, 0.5) is 5.00 Å². The minimum atomic E-state index is 0.0698. The number of rotatable bonds is 6. The summed E-state index contributed by atoms with van der Waals surface area (Å²) in [6.07, 6.45) is 4.51. The third-order valence-electron chi connectivity index (χ3n) is 2.84. The van der Waals surface area contributed by atoms with Crippen LogP contribution in [0.15, 0.2) is 34.7 Å². The third-order valence-corrected chi connectivity index (χ3v) is 4.80. The van der Waals surface area contributed by atoms with Crippen LogP contribution in [0.5, 0.6) is 0 Å². The lowest BCUT2D eigenvalue weighted by atomic mass is 10.1. The molecule has 0 saturated heterocycles. The van der Waals surface area contributed by atoms with Gasteiger partial charge >= 0.3 is 0 Å². The molecule has 0 radical (unpaired) electrons. The summed E-state index contributed by atoms with van der Waals surface area (Å²) in [5.74, 6) is 0.0698. The van der Waals surface area contributed by atoms with Gasteiger partial charge in [-0.2, -0.15) is 0 Å². The second kappa shape index (κ2) is 7.45. The first-order valence-electron chi connectivity index (χ1n) is 6.64. The summed E-state index contributed by atoms with van der Waals surface area (Å²) < 4.78 is 0.967. The van der Waals surface area contributed by atoms with Crippen molar-refractivity contribution in [2.45, 2.75) is 30.5 Å². The summed E-state index contributed by atoms with van der Waals surface area (Å²) in [5, 5.41) is 3.85. The van der Waals surface area contributed by atoms with Gasteiger partial charge in [-0.15, -0.1) is 0 Å². The first kappa shape index (κ1) is 15.1. The van der Waals surface area contributed by atoms with Crippen LogP contribution in [0.25, 0.3) is 11.3 Å². The molecule has 2 rings (SSSR count). The first-order chi connectivity index (χ1) is 9.74. The van der Waals surface area contributed by atoms with Crippen molar-refractivity contribution in [1.29, 1.82) is 0 Å². The number of unbranched alkanes of at least 4 members (excludes halogenated alkanes) is 1. The highest BCUT2D eigenvalue weighted by molar-refractivity contribution is 8.00. The molecule has 0 unspecified atom stereocenters. The quantitative estimate of drug-likeness (QED) is 0.789. The van der Waals surface area contributed by atoms with Gasteiger partial charge in [0.25, 0.3) is 0 Å². The lowest BCUT2D eigenvalue weighted by molar-refractivity contribution is -0.116. The van der Waals surface area contributed by atoms with E-state index < -0.39 is 0 Å². The van der Waals surface area contributed by atoms with Crippen LogP contribution in [0.1, 0.15) is 26.2 Å². The lowest BCUT2D eigenvalue weighted by Crippen LogP contribution is -2.10. The van der Waals surface area contributed by atoms with Gasteiger partial charge in [0.05, 0.1) is 0 Å². The molecule has 0 fully saturated rings. The van der Waals surface area contributed by atoms with Crippen molar-refractivity contribution in [3.8, 4) is 11.3 Å². The fraction of sp³-hybridized carbons (Fsp3) is 0.333. The summed E-state index contributed by atoms with van der Waals surface area (Å²) in [5.41, 5.74) is 1.90. The van der Waals surface area contributed by atoms with E-state index in [2.05, 4.69) is 17.2 Å². The monoisotopic (exact) mass is 306 g/mol. The maximum Gasteiger partial charge on any atom is 0.225 e. The summed E-state index contributed by atoms with van der Waals surface area (Å²) in [6.45, 7) is 2.08. The predicted octanol–water partition coefficient (Wildman–Crippen LogP) is 4.66. The summed E-state index contributed by atoms with van der Waals surface area (Å²) in [4.78, 5) is 16.5. The molecule has 0 atom stereocenters. The Balaban J connectivity index is 2.23. The van der Waals surface area contributed by atoms with E-state index in [1.807, 2.05) is 36.6 Å². The highest BCUT2D eigenvalue weighted by Crippen LogP contribution is 2.36. The van der Waals surface area contributed by atoms with Crippen LogP contribution in [-0.2, 0) is 4.79 Å². The number of carbonyl (C=O) groups is 1. The molecule has 0 aliphatic carbocycles. The van der Waals surface area contributed by atoms with Gasteiger partial charge in [-0.3, -0.25) is 4.79 Å². The third kappa shape index (κ3) is 3.84. The van der Waals surface area contributed by atoms with E-state index in [0.29, 0.717) is 6.42 Å². The number of anilines is 1. The SMILES string of the molecule is CCCCC(=O)Nc1sc(SC)nc1-c1ccccc1. The van der Waals surface area contributed by atoms with Gasteiger partial charge in [0.1, 0.15) is 10.7 Å². The Morgan fingerprint density at radius 3 is 2.75 bits per heavy atom. The minimum absolute atomic E-state index is 0.0698. The molecule has 106 valence electrons. The number of amides is 1. The number of hydrogen-bond acceptors (Lipinski definition) is 4. The fourth-order valence-corrected chi connectivity index (χ4v) is 3.29. The van der Waals surface area contributed by atoms with Gasteiger partial charge < -0.3 is 5.32 Å². The smallest absolute Gasteiger partial charge is 0.225 e. The molecular weight excluding hydrogens is 288 g/mol. The van der Waals surface area contributed by atoms with Crippen molar-refractivity contribution < 1.29 is 4.79 Å². The number of thioether (sulfide) groups is 1. The van der Waals surface area contributed by atoms with Gasteiger partial charge in [-0.05, 0) is 12.7 Å². The zero-order chi connectivity index (χ0) is 14.4. The van der Waals surface area contributed by atoms with Gasteiger partial charge in [-0.1, -0.05) is 66.8 Å². The largest absolute Gasteiger partial charge is 0.316 e. The van der Waals surface area contributed by atoms with Crippen molar-refractivity contribution in [3.05, 3.63) is 30.3 Å². The van der Waals surface area contributed by atoms with Crippen LogP contribution < -0.4 is 5.32 Å². The predicted molar refractivity (Wildman–Crippen MR) is 87.5 cm³/mol. The zero-order valence-corrected chi connectivity index (χ0v) is 13.3. The molecule has 0 aliphatic heterocycles. The lowest BCUT2D eigenvalue weighted by Gasteiger charge is -2.04. The molecule has 1 aromatic heterocycles. The second-order valence-electron chi connectivity index (χ2n) is 4.38. The zero-order valence-electron chi connectivity index (χ0n) is 11.7. The molecule has 1 aromatic carbocycles. The highest BCUT2D eigenvalue weighted by Gasteiger charge is 2.14. The second-order valence-corrected chi connectivity index (χ2v) is 6.43. The molecule has 0 saturated carbocycles. The molecule has 0 aliphatic rings. The number of aromatic nitrogens is 1. The van der Waals surface area contributed by atoms with Crippen LogP contribution in [0.2, 0.25) is 0 Å². The molecule has 1 amide bonds. The van der Waals surface area contributed by atoms with Gasteiger partial charge in [0.2, 0.25) is 5.91 Å². The first-order valence-corrected chi connectivity index (χ1v) is 8.68. The number of thiazole rings is 1. The maximum atomic E-state index is 11.9. The molecule has 0 spiro atoms. The molecule has 5 heteroatoms. The fourth-order valence-electron chi connectivity index (χ4n) is 1.79. The Morgan fingerprint density at radius 2 is 2.10 bits per heavy atom. The van der Waals surface area contributed by atoms with E-state index in [1.165, 1.54) is 11.3 Å².